The van der Waals surface area contributed by atoms with E-state index in [1.54, 1.807) is 0 Å². The fourth-order valence-electron chi connectivity index (χ4n) is 2.71. The van der Waals surface area contributed by atoms with Crippen molar-refractivity contribution in [2.45, 2.75) is 38.9 Å². The van der Waals surface area contributed by atoms with Crippen LogP contribution in [0.1, 0.15) is 20.8 Å². The van der Waals surface area contributed by atoms with Crippen LogP contribution in [0.5, 0.6) is 0 Å². The van der Waals surface area contributed by atoms with Crippen LogP contribution in [0.25, 0.3) is 0 Å². The minimum absolute atomic E-state index is 0.221. The molecular formula is C28H59IO11Si. The maximum atomic E-state index is 6.07. The first-order valence-electron chi connectivity index (χ1n) is 14.8. The predicted octanol–water partition coefficient (Wildman–Crippen LogP) is 3.61. The Balaban J connectivity index is 3.12. The molecule has 0 aromatic rings. The van der Waals surface area contributed by atoms with Gasteiger partial charge in [0.2, 0.25) is 0 Å². The molecule has 0 rings (SSSR count). The van der Waals surface area contributed by atoms with Crippen molar-refractivity contribution >= 4 is 30.9 Å². The van der Waals surface area contributed by atoms with Crippen molar-refractivity contribution in [2.75, 3.05) is 143 Å². The Morgan fingerprint density at radius 3 is 0.756 bits per heavy atom. The molecular weight excluding hydrogens is 667 g/mol. The van der Waals surface area contributed by atoms with Crippen LogP contribution in [0.2, 0.25) is 18.1 Å². The van der Waals surface area contributed by atoms with Gasteiger partial charge < -0.3 is 51.8 Å². The van der Waals surface area contributed by atoms with Crippen LogP contribution in [0.15, 0.2) is 0 Å². The lowest BCUT2D eigenvalue weighted by Crippen LogP contribution is -2.41. The highest BCUT2D eigenvalue weighted by molar-refractivity contribution is 14.1. The van der Waals surface area contributed by atoms with Crippen molar-refractivity contribution in [2.24, 2.45) is 0 Å². The molecule has 0 saturated heterocycles. The molecule has 0 atom stereocenters. The van der Waals surface area contributed by atoms with Gasteiger partial charge in [-0.05, 0) is 18.1 Å². The Hall–Kier alpha value is 0.507. The summed E-state index contributed by atoms with van der Waals surface area (Å²) in [6.07, 6.45) is 0. The summed E-state index contributed by atoms with van der Waals surface area (Å²) in [6.45, 7) is 23.0. The summed E-state index contributed by atoms with van der Waals surface area (Å²) in [5, 5.41) is 0.221. The molecule has 0 aliphatic heterocycles. The van der Waals surface area contributed by atoms with Crippen molar-refractivity contribution in [1.29, 1.82) is 0 Å². The molecule has 0 heterocycles. The molecule has 248 valence electrons. The normalized spacial score (nSPS) is 12.4. The Morgan fingerprint density at radius 1 is 0.366 bits per heavy atom. The third-order valence-electron chi connectivity index (χ3n) is 6.07. The van der Waals surface area contributed by atoms with E-state index in [1.165, 1.54) is 0 Å². The van der Waals surface area contributed by atoms with E-state index >= 15 is 0 Å². The fraction of sp³-hybridized carbons (Fsp3) is 1.00. The zero-order valence-electron chi connectivity index (χ0n) is 26.4. The molecule has 0 aliphatic carbocycles. The molecule has 0 N–H and O–H groups in total. The van der Waals surface area contributed by atoms with Gasteiger partial charge in [0.25, 0.3) is 0 Å². The highest BCUT2D eigenvalue weighted by Crippen LogP contribution is 2.36. The summed E-state index contributed by atoms with van der Waals surface area (Å²) in [5.41, 5.74) is 0. The van der Waals surface area contributed by atoms with Gasteiger partial charge in [-0.1, -0.05) is 43.4 Å². The summed E-state index contributed by atoms with van der Waals surface area (Å²) in [4.78, 5) is 0. The molecule has 0 aromatic heterocycles. The summed E-state index contributed by atoms with van der Waals surface area (Å²) in [6, 6.07) is 0. The summed E-state index contributed by atoms with van der Waals surface area (Å²) in [7, 11) is -1.69. The van der Waals surface area contributed by atoms with Crippen LogP contribution >= 0.6 is 22.6 Å². The molecule has 0 aromatic carbocycles. The van der Waals surface area contributed by atoms with Crippen molar-refractivity contribution in [3.8, 4) is 0 Å². The number of alkyl halides is 1. The van der Waals surface area contributed by atoms with Gasteiger partial charge in [0.15, 0.2) is 8.32 Å². The third kappa shape index (κ3) is 30.3. The van der Waals surface area contributed by atoms with E-state index < -0.39 is 8.32 Å². The highest BCUT2D eigenvalue weighted by Gasteiger charge is 2.36. The predicted molar refractivity (Wildman–Crippen MR) is 170 cm³/mol. The van der Waals surface area contributed by atoms with Crippen molar-refractivity contribution in [3.63, 3.8) is 0 Å². The summed E-state index contributed by atoms with van der Waals surface area (Å²) < 4.78 is 61.7. The Kier molecular flexibility index (Phi) is 30.9. The Bertz CT molecular complexity index is 528. The monoisotopic (exact) mass is 726 g/mol. The van der Waals surface area contributed by atoms with Crippen molar-refractivity contribution in [3.05, 3.63) is 0 Å². The fourth-order valence-corrected chi connectivity index (χ4v) is 4.05. The Morgan fingerprint density at radius 2 is 0.561 bits per heavy atom. The minimum Gasteiger partial charge on any atom is -0.414 e. The molecule has 0 bridgehead atoms. The first-order valence-corrected chi connectivity index (χ1v) is 19.2. The zero-order valence-corrected chi connectivity index (χ0v) is 29.6. The first kappa shape index (κ1) is 41.5. The summed E-state index contributed by atoms with van der Waals surface area (Å²) in [5.74, 6) is 0. The topological polar surface area (TPSA) is 102 Å². The van der Waals surface area contributed by atoms with E-state index in [0.717, 1.165) is 11.0 Å². The second-order valence-corrected chi connectivity index (χ2v) is 16.3. The van der Waals surface area contributed by atoms with E-state index in [2.05, 4.69) is 56.5 Å². The molecule has 0 spiro atoms. The van der Waals surface area contributed by atoms with Gasteiger partial charge in [-0.3, -0.25) is 0 Å². The average Bonchev–Trinajstić information content (AvgIpc) is 2.93. The van der Waals surface area contributed by atoms with E-state index in [0.29, 0.717) is 132 Å². The quantitative estimate of drug-likeness (QED) is 0.0430. The van der Waals surface area contributed by atoms with Gasteiger partial charge >= 0.3 is 0 Å². The molecule has 41 heavy (non-hydrogen) atoms. The lowest BCUT2D eigenvalue weighted by molar-refractivity contribution is -0.0265. The van der Waals surface area contributed by atoms with Crippen LogP contribution < -0.4 is 0 Å². The third-order valence-corrected chi connectivity index (χ3v) is 11.0. The van der Waals surface area contributed by atoms with Crippen LogP contribution in [0.4, 0.5) is 0 Å². The molecule has 0 saturated carbocycles. The van der Waals surface area contributed by atoms with Crippen LogP contribution in [-0.2, 0) is 51.8 Å². The molecule has 0 fully saturated rings. The minimum atomic E-state index is -1.69. The second-order valence-electron chi connectivity index (χ2n) is 10.4. The highest BCUT2D eigenvalue weighted by atomic mass is 127. The lowest BCUT2D eigenvalue weighted by Gasteiger charge is -2.36. The van der Waals surface area contributed by atoms with E-state index in [9.17, 15) is 0 Å². The molecule has 13 heteroatoms. The van der Waals surface area contributed by atoms with Gasteiger partial charge in [-0.2, -0.15) is 0 Å². The largest absolute Gasteiger partial charge is 0.414 e. The van der Waals surface area contributed by atoms with Crippen LogP contribution in [0, 0.1) is 0 Å². The van der Waals surface area contributed by atoms with Gasteiger partial charge in [0.05, 0.1) is 139 Å². The zero-order chi connectivity index (χ0) is 30.3. The summed E-state index contributed by atoms with van der Waals surface area (Å²) >= 11 is 2.28. The standard InChI is InChI=1S/C28H59IO11Si/c1-28(2,3)41(4,5)40-27-26-39-25-24-38-23-22-37-21-20-36-19-18-35-17-16-34-15-14-33-13-12-32-11-10-31-9-8-30-7-6-29/h6-27H2,1-5H3. The number of hydrogen-bond acceptors (Lipinski definition) is 11. The van der Waals surface area contributed by atoms with E-state index in [4.69, 9.17) is 51.8 Å². The lowest BCUT2D eigenvalue weighted by atomic mass is 10.2. The van der Waals surface area contributed by atoms with E-state index in [1.807, 2.05) is 0 Å². The second kappa shape index (κ2) is 30.5. The number of rotatable bonds is 33. The van der Waals surface area contributed by atoms with Gasteiger partial charge in [-0.15, -0.1) is 0 Å². The Labute approximate surface area is 264 Å². The first-order chi connectivity index (χ1) is 19.8. The van der Waals surface area contributed by atoms with Crippen LogP contribution in [-0.4, -0.2) is 151 Å². The van der Waals surface area contributed by atoms with Gasteiger partial charge in [0, 0.05) is 4.43 Å². The molecule has 0 radical (unpaired) electrons. The van der Waals surface area contributed by atoms with Crippen LogP contribution in [0.3, 0.4) is 0 Å². The number of ether oxygens (including phenoxy) is 10. The van der Waals surface area contributed by atoms with Crippen molar-refractivity contribution in [1.82, 2.24) is 0 Å². The van der Waals surface area contributed by atoms with Crippen molar-refractivity contribution < 1.29 is 51.8 Å². The van der Waals surface area contributed by atoms with E-state index in [-0.39, 0.29) is 5.04 Å². The molecule has 0 aliphatic rings. The average molecular weight is 727 g/mol. The molecule has 0 unspecified atom stereocenters. The van der Waals surface area contributed by atoms with Gasteiger partial charge in [-0.25, -0.2) is 0 Å². The maximum absolute atomic E-state index is 6.07. The van der Waals surface area contributed by atoms with Gasteiger partial charge in [0.1, 0.15) is 0 Å². The SMILES string of the molecule is CC(C)(C)[Si](C)(C)OCCOCCOCCOCCOCCOCCOCCOCCOCCOCCOCCI. The maximum Gasteiger partial charge on any atom is 0.192 e. The number of hydrogen-bond donors (Lipinski definition) is 0. The molecule has 0 amide bonds. The number of halogens is 1. The smallest absolute Gasteiger partial charge is 0.192 e. The molecule has 11 nitrogen and oxygen atoms in total.